The second-order valence-corrected chi connectivity index (χ2v) is 21.0. The third kappa shape index (κ3) is 31.0. The highest BCUT2D eigenvalue weighted by atomic mass is 79.9. The Labute approximate surface area is 512 Å². The first-order valence-corrected chi connectivity index (χ1v) is 29.2. The van der Waals surface area contributed by atoms with Crippen LogP contribution in [0.1, 0.15) is 183 Å². The first-order chi connectivity index (χ1) is 40.2. The summed E-state index contributed by atoms with van der Waals surface area (Å²) in [6.07, 6.45) is 14.3. The van der Waals surface area contributed by atoms with E-state index in [9.17, 15) is 47.9 Å². The van der Waals surface area contributed by atoms with Gasteiger partial charge in [-0.15, -0.1) is 0 Å². The van der Waals surface area contributed by atoms with Crippen molar-refractivity contribution in [1.82, 2.24) is 9.97 Å². The quantitative estimate of drug-likeness (QED) is 0.0353. The molecule has 23 heteroatoms. The summed E-state index contributed by atoms with van der Waals surface area (Å²) in [5.41, 5.74) is 8.76. The van der Waals surface area contributed by atoms with Crippen molar-refractivity contribution in [3.63, 3.8) is 0 Å². The molecule has 2 aromatic heterocycles. The number of hydrogen-bond donors (Lipinski definition) is 3. The van der Waals surface area contributed by atoms with Gasteiger partial charge in [0.2, 0.25) is 5.91 Å². The van der Waals surface area contributed by atoms with Crippen molar-refractivity contribution in [2.24, 2.45) is 29.4 Å². The second-order valence-electron chi connectivity index (χ2n) is 20.4. The minimum absolute atomic E-state index is 0. The van der Waals surface area contributed by atoms with Gasteiger partial charge < -0.3 is 53.3 Å². The number of ketones is 2. The highest BCUT2D eigenvalue weighted by Crippen LogP contribution is 2.37. The lowest BCUT2D eigenvalue weighted by Gasteiger charge is -2.25. The molecule has 3 fully saturated rings. The SMILES string of the molecule is C.C.CC(=O)CCC(=O)O.COC(=O)CCC(=O)CBr.COC(=O)CCc1coc(C2CCC(C(=O)O)CC2)n1.COC(=O)CCc1coc(C2CCC(C(=O)OCc3ccccc3)CC2)n1.NC(=O)C1CCC(C(=O)OCc2ccccc2)CC1. The van der Waals surface area contributed by atoms with Gasteiger partial charge in [0.05, 0.1) is 81.5 Å². The van der Waals surface area contributed by atoms with Crippen LogP contribution in [0.4, 0.5) is 0 Å². The number of carbonyl (C=O) groups is 10. The number of esters is 5. The molecular weight excluding hydrogens is 1180 g/mol. The van der Waals surface area contributed by atoms with Crippen molar-refractivity contribution in [1.29, 1.82) is 0 Å². The molecule has 0 saturated heterocycles. The fraction of sp³-hybridized carbons (Fsp3) is 0.556. The van der Waals surface area contributed by atoms with E-state index in [-0.39, 0.29) is 130 Å². The Kier molecular flexibility index (Phi) is 38.3. The number of halogens is 1. The molecule has 0 atom stereocenters. The number of ether oxygens (including phenoxy) is 5. The van der Waals surface area contributed by atoms with E-state index in [2.05, 4.69) is 40.1 Å². The molecule has 4 aromatic rings. The maximum absolute atomic E-state index is 12.3. The number of benzene rings is 2. The van der Waals surface area contributed by atoms with E-state index in [1.807, 2.05) is 60.7 Å². The zero-order chi connectivity index (χ0) is 61.8. The first-order valence-electron chi connectivity index (χ1n) is 28.1. The van der Waals surface area contributed by atoms with Gasteiger partial charge in [0.1, 0.15) is 37.3 Å². The molecule has 4 N–H and O–H groups in total. The number of aryl methyl sites for hydroxylation is 2. The number of rotatable bonds is 23. The standard InChI is InChI=1S/C21H25NO5.C15H19NO3.C14H19NO5.C6H9BrO3.C5H8O3.2CH4/c1-25-19(23)12-11-18-14-26-20(22-18)16-7-9-17(10-8-16)21(24)27-13-15-5-3-2-4-6-15;16-14(17)12-6-8-13(9-7-12)15(18)19-10-11-4-2-1-3-5-11;1-19-12(16)7-6-11-8-20-13(15-11)9-2-4-10(5-3-9)14(17)18;1-10-6(9)3-2-5(8)4-7;1-4(6)2-3-5(7)8;;/h2-6,14,16-17H,7-13H2,1H3;1-5,12-13H,6-10H2,(H2,16,17);8-10H,2-7H2,1H3,(H,17,18);2-4H2,1H3;2-3H2,1H3,(H,7,8);2*1H4. The zero-order valence-corrected chi connectivity index (χ0v) is 49.9. The molecular formula is C63H88BrN3O19. The van der Waals surface area contributed by atoms with Gasteiger partial charge in [0.25, 0.3) is 0 Å². The minimum atomic E-state index is -0.916. The van der Waals surface area contributed by atoms with Crippen LogP contribution in [0, 0.1) is 23.7 Å². The number of alkyl halides is 1. The summed E-state index contributed by atoms with van der Waals surface area (Å²) in [5, 5.41) is 17.3. The van der Waals surface area contributed by atoms with Gasteiger partial charge in [0.15, 0.2) is 11.8 Å². The van der Waals surface area contributed by atoms with E-state index < -0.39 is 11.9 Å². The average molecular weight is 1270 g/mol. The number of aromatic nitrogens is 2. The largest absolute Gasteiger partial charge is 0.481 e. The Morgan fingerprint density at radius 1 is 0.523 bits per heavy atom. The predicted octanol–water partition coefficient (Wildman–Crippen LogP) is 10.6. The number of hydrogen-bond acceptors (Lipinski definition) is 19. The maximum Gasteiger partial charge on any atom is 0.309 e. The summed E-state index contributed by atoms with van der Waals surface area (Å²) in [5.74, 6) is -1.76. The van der Waals surface area contributed by atoms with Gasteiger partial charge in [-0.1, -0.05) is 91.4 Å². The number of primary amides is 1. The van der Waals surface area contributed by atoms with E-state index in [1.54, 1.807) is 12.5 Å². The molecule has 1 amide bonds. The molecule has 22 nitrogen and oxygen atoms in total. The normalized spacial score (nSPS) is 18.2. The fourth-order valence-corrected chi connectivity index (χ4v) is 9.36. The predicted molar refractivity (Wildman–Crippen MR) is 319 cm³/mol. The van der Waals surface area contributed by atoms with E-state index in [1.165, 1.54) is 28.3 Å². The molecule has 0 radical (unpaired) electrons. The summed E-state index contributed by atoms with van der Waals surface area (Å²) in [6, 6.07) is 19.3. The van der Waals surface area contributed by atoms with Gasteiger partial charge in [-0.2, -0.15) is 0 Å². The molecule has 2 heterocycles. The lowest BCUT2D eigenvalue weighted by atomic mass is 9.82. The van der Waals surface area contributed by atoms with Crippen LogP contribution in [0.15, 0.2) is 82.0 Å². The number of nitrogens with zero attached hydrogens (tertiary/aromatic N) is 2. The molecule has 7 rings (SSSR count). The maximum atomic E-state index is 12.3. The van der Waals surface area contributed by atoms with Crippen LogP contribution in [0.2, 0.25) is 0 Å². The van der Waals surface area contributed by atoms with Crippen LogP contribution in [0.5, 0.6) is 0 Å². The Balaban J connectivity index is 0.000000566. The number of carboxylic acids is 2. The Hall–Kier alpha value is -7.56. The number of aliphatic carboxylic acids is 2. The third-order valence-corrected chi connectivity index (χ3v) is 14.8. The number of carbonyl (C=O) groups excluding carboxylic acids is 8. The molecule has 476 valence electrons. The van der Waals surface area contributed by atoms with Crippen molar-refractivity contribution in [3.05, 3.63) is 107 Å². The van der Waals surface area contributed by atoms with Crippen LogP contribution in [0.3, 0.4) is 0 Å². The molecule has 3 aliphatic rings. The monoisotopic (exact) mass is 1270 g/mol. The number of amides is 1. The van der Waals surface area contributed by atoms with E-state index >= 15 is 0 Å². The van der Waals surface area contributed by atoms with Crippen LogP contribution >= 0.6 is 15.9 Å². The van der Waals surface area contributed by atoms with Crippen LogP contribution in [-0.4, -0.2) is 106 Å². The topological polar surface area (TPSA) is 335 Å². The van der Waals surface area contributed by atoms with Gasteiger partial charge in [-0.25, -0.2) is 9.97 Å². The summed E-state index contributed by atoms with van der Waals surface area (Å²) >= 11 is 2.99. The molecule has 0 unspecified atom stereocenters. The molecule has 3 saturated carbocycles. The van der Waals surface area contributed by atoms with E-state index in [4.69, 9.17) is 34.3 Å². The van der Waals surface area contributed by atoms with Crippen LogP contribution in [-0.2, 0) is 97.7 Å². The molecule has 3 aliphatic carbocycles. The summed E-state index contributed by atoms with van der Waals surface area (Å²) in [6.45, 7) is 2.02. The number of methoxy groups -OCH3 is 3. The smallest absolute Gasteiger partial charge is 0.309 e. The summed E-state index contributed by atoms with van der Waals surface area (Å²) in [7, 11) is 4.04. The third-order valence-electron chi connectivity index (χ3n) is 14.2. The van der Waals surface area contributed by atoms with Crippen LogP contribution < -0.4 is 5.73 Å². The highest BCUT2D eigenvalue weighted by molar-refractivity contribution is 9.09. The van der Waals surface area contributed by atoms with Crippen LogP contribution in [0.25, 0.3) is 0 Å². The summed E-state index contributed by atoms with van der Waals surface area (Å²) in [4.78, 5) is 118. The van der Waals surface area contributed by atoms with Crippen molar-refractivity contribution in [2.45, 2.75) is 175 Å². The van der Waals surface area contributed by atoms with Crippen molar-refractivity contribution < 1.29 is 90.7 Å². The number of Topliss-reactive ketones (excluding diaryl/α,β-unsaturated/α-hetero) is 2. The van der Waals surface area contributed by atoms with Gasteiger partial charge in [0, 0.05) is 43.4 Å². The lowest BCUT2D eigenvalue weighted by Crippen LogP contribution is -2.30. The minimum Gasteiger partial charge on any atom is -0.481 e. The zero-order valence-electron chi connectivity index (χ0n) is 48.3. The lowest BCUT2D eigenvalue weighted by molar-refractivity contribution is -0.152. The molecule has 86 heavy (non-hydrogen) atoms. The molecule has 0 spiro atoms. The van der Waals surface area contributed by atoms with Crippen molar-refractivity contribution in [2.75, 3.05) is 26.7 Å². The molecule has 0 aliphatic heterocycles. The van der Waals surface area contributed by atoms with Gasteiger partial charge in [-0.05, 0) is 95.1 Å². The molecule has 0 bridgehead atoms. The van der Waals surface area contributed by atoms with Gasteiger partial charge >= 0.3 is 41.8 Å². The van der Waals surface area contributed by atoms with Crippen molar-refractivity contribution >= 4 is 75.2 Å². The summed E-state index contributed by atoms with van der Waals surface area (Å²) < 4.78 is 35.4. The fourth-order valence-electron chi connectivity index (χ4n) is 9.08. The average Bonchev–Trinajstić information content (AvgIpc) is 4.42. The van der Waals surface area contributed by atoms with Crippen molar-refractivity contribution in [3.8, 4) is 0 Å². The Morgan fingerprint density at radius 3 is 1.23 bits per heavy atom. The molecule has 2 aromatic carbocycles. The first kappa shape index (κ1) is 76.5. The highest BCUT2D eigenvalue weighted by Gasteiger charge is 2.32. The Bertz CT molecular complexity index is 2640. The number of carboxylic acid groups (broad SMARTS) is 2. The van der Waals surface area contributed by atoms with E-state index in [0.717, 1.165) is 61.0 Å². The Morgan fingerprint density at radius 2 is 0.895 bits per heavy atom. The number of oxazole rings is 2. The number of nitrogens with two attached hydrogens (primary N) is 1. The van der Waals surface area contributed by atoms with E-state index in [0.29, 0.717) is 88.1 Å². The van der Waals surface area contributed by atoms with Gasteiger partial charge in [-0.3, -0.25) is 43.2 Å². The second kappa shape index (κ2) is 43.1.